The number of esters is 1. The zero-order valence-corrected chi connectivity index (χ0v) is 43.8. The minimum absolute atomic E-state index is 0.0147. The van der Waals surface area contributed by atoms with Crippen molar-refractivity contribution >= 4 is 11.9 Å². The SMILES string of the molecule is CC1(C)CCC2(C(=O)OC3OC(CO)C(O)C(O)C3O)C(O)CC3(C)C(=CCC4C5(C)CCC(OC6OC(C(=O)O)C(OC7OCC(O)C(O)C7O)C(OC7OCC(O)(CO)C7O)C6O)C(C)(C)C5CCC43C)C2C1. The van der Waals surface area contributed by atoms with Crippen LogP contribution in [0.5, 0.6) is 0 Å². The second kappa shape index (κ2) is 20.2. The van der Waals surface area contributed by atoms with Crippen molar-refractivity contribution in [3.63, 3.8) is 0 Å². The standard InChI is InChI=1S/C52H82O23/c1-46(2)14-15-52(45(66)75-42-34(61)32(59)31(58)25(18-53)70-42)23(16-46)22-8-9-27-48(5)12-11-29(47(3,4)26(48)10-13-49(27,6)50(22,7)17-28(52)56)71-43-35(62)36(72-44-39(63)51(67,20-54)21-69-44)37(38(74-43)40(64)65)73-41-33(60)30(57)24(55)19-68-41/h8,23-39,41-44,53-63,67H,9-21H2,1-7H3,(H,64,65). The highest BCUT2D eigenvalue weighted by Crippen LogP contribution is 2.76. The molecule has 5 aliphatic carbocycles. The Morgan fingerprint density at radius 2 is 1.37 bits per heavy atom. The van der Waals surface area contributed by atoms with Gasteiger partial charge < -0.3 is 104 Å². The van der Waals surface area contributed by atoms with E-state index in [0.29, 0.717) is 38.5 Å². The average Bonchev–Trinajstić information content (AvgIpc) is 3.63. The summed E-state index contributed by atoms with van der Waals surface area (Å²) in [6.07, 6.45) is -22.7. The van der Waals surface area contributed by atoms with E-state index < -0.39 is 182 Å². The van der Waals surface area contributed by atoms with E-state index in [9.17, 15) is 76.0 Å². The van der Waals surface area contributed by atoms with E-state index in [0.717, 1.165) is 12.0 Å². The summed E-state index contributed by atoms with van der Waals surface area (Å²) in [6, 6.07) is 0. The van der Waals surface area contributed by atoms with Crippen LogP contribution in [0.1, 0.15) is 106 Å². The second-order valence-corrected chi connectivity index (χ2v) is 25.7. The monoisotopic (exact) mass is 1070 g/mol. The maximum absolute atomic E-state index is 14.8. The Labute approximate surface area is 435 Å². The minimum atomic E-state index is -2.17. The molecular formula is C52H82O23. The van der Waals surface area contributed by atoms with Crippen LogP contribution in [0.3, 0.4) is 0 Å². The molecule has 428 valence electrons. The molecule has 23 heteroatoms. The molecule has 0 aromatic rings. The Morgan fingerprint density at radius 1 is 0.693 bits per heavy atom. The molecule has 75 heavy (non-hydrogen) atoms. The van der Waals surface area contributed by atoms with Crippen molar-refractivity contribution in [2.75, 3.05) is 26.4 Å². The quantitative estimate of drug-likeness (QED) is 0.0623. The number of fused-ring (bicyclic) bond motifs is 7. The lowest BCUT2D eigenvalue weighted by Crippen LogP contribution is -2.68. The van der Waals surface area contributed by atoms with Gasteiger partial charge in [0.25, 0.3) is 0 Å². The fourth-order valence-electron chi connectivity index (χ4n) is 16.0. The Bertz CT molecular complexity index is 2140. The molecule has 13 N–H and O–H groups in total. The molecule has 4 heterocycles. The summed E-state index contributed by atoms with van der Waals surface area (Å²) in [5.41, 5.74) is -4.76. The summed E-state index contributed by atoms with van der Waals surface area (Å²) in [6.45, 7) is 12.5. The van der Waals surface area contributed by atoms with E-state index in [1.54, 1.807) is 0 Å². The third kappa shape index (κ3) is 9.07. The molecule has 0 aromatic heterocycles. The lowest BCUT2D eigenvalue weighted by Gasteiger charge is -2.71. The van der Waals surface area contributed by atoms with Crippen LogP contribution in [0.4, 0.5) is 0 Å². The van der Waals surface area contributed by atoms with Crippen LogP contribution in [0.25, 0.3) is 0 Å². The largest absolute Gasteiger partial charge is 0.479 e. The van der Waals surface area contributed by atoms with Crippen molar-refractivity contribution in [2.45, 2.75) is 222 Å². The van der Waals surface area contributed by atoms with E-state index in [1.807, 2.05) is 0 Å². The highest BCUT2D eigenvalue weighted by molar-refractivity contribution is 5.80. The Morgan fingerprint density at radius 3 is 2.03 bits per heavy atom. The van der Waals surface area contributed by atoms with Gasteiger partial charge in [-0.2, -0.15) is 0 Å². The molecule has 9 rings (SSSR count). The van der Waals surface area contributed by atoms with Gasteiger partial charge >= 0.3 is 11.9 Å². The molecule has 4 aliphatic heterocycles. The average molecular weight is 1080 g/mol. The zero-order chi connectivity index (χ0) is 54.9. The van der Waals surface area contributed by atoms with Crippen molar-refractivity contribution in [1.29, 1.82) is 0 Å². The predicted octanol–water partition coefficient (Wildman–Crippen LogP) is -1.69. The first-order chi connectivity index (χ1) is 35.0. The van der Waals surface area contributed by atoms with E-state index in [2.05, 4.69) is 54.5 Å². The Hall–Kier alpha value is -2.08. The molecule has 23 nitrogen and oxygen atoms in total. The molecule has 4 saturated heterocycles. The predicted molar refractivity (Wildman–Crippen MR) is 253 cm³/mol. The van der Waals surface area contributed by atoms with Crippen LogP contribution >= 0.6 is 0 Å². The molecule has 0 aromatic carbocycles. The summed E-state index contributed by atoms with van der Waals surface area (Å²) in [5.74, 6) is -2.79. The number of carbonyl (C=O) groups is 2. The van der Waals surface area contributed by atoms with Crippen LogP contribution in [0.2, 0.25) is 0 Å². The second-order valence-electron chi connectivity index (χ2n) is 25.7. The number of hydrogen-bond donors (Lipinski definition) is 13. The first-order valence-electron chi connectivity index (χ1n) is 26.7. The number of rotatable bonds is 11. The third-order valence-corrected chi connectivity index (χ3v) is 20.8. The lowest BCUT2D eigenvalue weighted by molar-refractivity contribution is -0.370. The summed E-state index contributed by atoms with van der Waals surface area (Å²) >= 11 is 0. The highest BCUT2D eigenvalue weighted by Gasteiger charge is 2.72. The van der Waals surface area contributed by atoms with Gasteiger partial charge in [-0.3, -0.25) is 4.79 Å². The number of allylic oxidation sites excluding steroid dienone is 2. The van der Waals surface area contributed by atoms with Crippen LogP contribution in [0.15, 0.2) is 11.6 Å². The van der Waals surface area contributed by atoms with E-state index in [4.69, 9.17) is 37.9 Å². The zero-order valence-electron chi connectivity index (χ0n) is 43.8. The first kappa shape index (κ1) is 57.6. The third-order valence-electron chi connectivity index (χ3n) is 20.8. The maximum Gasteiger partial charge on any atom is 0.335 e. The number of hydrogen-bond acceptors (Lipinski definition) is 22. The van der Waals surface area contributed by atoms with Gasteiger partial charge in [0.15, 0.2) is 25.0 Å². The Balaban J connectivity index is 0.976. The molecule has 0 amide bonds. The fourth-order valence-corrected chi connectivity index (χ4v) is 16.0. The first-order valence-corrected chi connectivity index (χ1v) is 26.7. The van der Waals surface area contributed by atoms with Gasteiger partial charge in [0.2, 0.25) is 6.29 Å². The van der Waals surface area contributed by atoms with Crippen LogP contribution < -0.4 is 0 Å². The number of aliphatic hydroxyl groups excluding tert-OH is 11. The number of carboxylic acid groups (broad SMARTS) is 1. The lowest BCUT2D eigenvalue weighted by atomic mass is 9.33. The molecule has 26 atom stereocenters. The van der Waals surface area contributed by atoms with Crippen molar-refractivity contribution in [1.82, 2.24) is 0 Å². The number of carbonyl (C=O) groups excluding carboxylic acids is 1. The minimum Gasteiger partial charge on any atom is -0.479 e. The molecule has 0 bridgehead atoms. The summed E-state index contributed by atoms with van der Waals surface area (Å²) in [7, 11) is 0. The van der Waals surface area contributed by atoms with E-state index in [-0.39, 0.29) is 35.5 Å². The van der Waals surface area contributed by atoms with Crippen molar-refractivity contribution in [2.24, 2.45) is 50.2 Å². The van der Waals surface area contributed by atoms with Crippen LogP contribution in [-0.2, 0) is 47.5 Å². The highest BCUT2D eigenvalue weighted by atomic mass is 16.8. The van der Waals surface area contributed by atoms with Crippen molar-refractivity contribution in [3.8, 4) is 0 Å². The van der Waals surface area contributed by atoms with E-state index >= 15 is 0 Å². The smallest absolute Gasteiger partial charge is 0.335 e. The number of carboxylic acids is 1. The van der Waals surface area contributed by atoms with E-state index in [1.165, 1.54) is 0 Å². The van der Waals surface area contributed by atoms with Gasteiger partial charge in [0.05, 0.1) is 38.6 Å². The van der Waals surface area contributed by atoms with Gasteiger partial charge in [0, 0.05) is 0 Å². The van der Waals surface area contributed by atoms with Gasteiger partial charge in [-0.05, 0) is 103 Å². The van der Waals surface area contributed by atoms with Crippen molar-refractivity contribution < 1.29 is 114 Å². The molecule has 0 radical (unpaired) electrons. The topological polar surface area (TPSA) is 371 Å². The van der Waals surface area contributed by atoms with Gasteiger partial charge in [0.1, 0.15) is 78.2 Å². The van der Waals surface area contributed by atoms with Gasteiger partial charge in [-0.15, -0.1) is 0 Å². The number of aliphatic hydroxyl groups is 12. The normalized spacial score (nSPS) is 53.3. The molecule has 8 fully saturated rings. The molecule has 26 unspecified atom stereocenters. The summed E-state index contributed by atoms with van der Waals surface area (Å²) < 4.78 is 47.1. The van der Waals surface area contributed by atoms with Gasteiger partial charge in [-0.25, -0.2) is 4.79 Å². The number of aliphatic carboxylic acids is 1. The molecular weight excluding hydrogens is 993 g/mol. The number of ether oxygens (including phenoxy) is 8. The maximum atomic E-state index is 14.8. The molecule has 9 aliphatic rings. The van der Waals surface area contributed by atoms with Crippen molar-refractivity contribution in [3.05, 3.63) is 11.6 Å². The van der Waals surface area contributed by atoms with Crippen LogP contribution in [0, 0.1) is 50.2 Å². The molecule has 4 saturated carbocycles. The summed E-state index contributed by atoms with van der Waals surface area (Å²) in [4.78, 5) is 27.9. The molecule has 0 spiro atoms. The van der Waals surface area contributed by atoms with Gasteiger partial charge in [-0.1, -0.05) is 60.1 Å². The fraction of sp³-hybridized carbons (Fsp3) is 0.923. The summed E-state index contributed by atoms with van der Waals surface area (Å²) in [5, 5.41) is 140. The van der Waals surface area contributed by atoms with Crippen LogP contribution in [-0.4, -0.2) is 221 Å². The Kier molecular flexibility index (Phi) is 15.5.